The topological polar surface area (TPSA) is 21.3 Å². The van der Waals surface area contributed by atoms with Gasteiger partial charge in [0.2, 0.25) is 0 Å². The molecule has 0 amide bonds. The van der Waals surface area contributed by atoms with Gasteiger partial charge in [-0.25, -0.2) is 0 Å². The van der Waals surface area contributed by atoms with Crippen LogP contribution in [-0.2, 0) is 0 Å². The Morgan fingerprint density at radius 2 is 1.74 bits per heavy atom. The van der Waals surface area contributed by atoms with Crippen molar-refractivity contribution in [1.82, 2.24) is 5.32 Å². The Labute approximate surface area is 114 Å². The van der Waals surface area contributed by atoms with Crippen molar-refractivity contribution in [2.24, 2.45) is 5.92 Å². The van der Waals surface area contributed by atoms with E-state index in [1.807, 2.05) is 6.07 Å². The first-order valence-corrected chi connectivity index (χ1v) is 6.78. The van der Waals surface area contributed by atoms with Crippen LogP contribution in [-0.4, -0.2) is 20.2 Å². The summed E-state index contributed by atoms with van der Waals surface area (Å²) in [5, 5.41) is 3.38. The molecule has 0 spiro atoms. The maximum absolute atomic E-state index is 5.36. The molecule has 2 aromatic rings. The summed E-state index contributed by atoms with van der Waals surface area (Å²) >= 11 is 0. The first-order valence-electron chi connectivity index (χ1n) is 6.78. The molecule has 1 N–H and O–H groups in total. The lowest BCUT2D eigenvalue weighted by molar-refractivity contribution is 0.314. The van der Waals surface area contributed by atoms with Gasteiger partial charge in [0.05, 0.1) is 7.11 Å². The van der Waals surface area contributed by atoms with Crippen molar-refractivity contribution < 1.29 is 4.74 Å². The second-order valence-electron chi connectivity index (χ2n) is 5.08. The van der Waals surface area contributed by atoms with E-state index in [1.54, 1.807) is 7.11 Å². The third-order valence-corrected chi connectivity index (χ3v) is 3.90. The highest BCUT2D eigenvalue weighted by atomic mass is 16.5. The van der Waals surface area contributed by atoms with Gasteiger partial charge in [0.15, 0.2) is 0 Å². The smallest absolute Gasteiger partial charge is 0.119 e. The summed E-state index contributed by atoms with van der Waals surface area (Å²) in [5.74, 6) is 2.07. The lowest BCUT2D eigenvalue weighted by Gasteiger charge is -2.35. The largest absolute Gasteiger partial charge is 0.497 e. The average molecular weight is 253 g/mol. The van der Waals surface area contributed by atoms with Crippen molar-refractivity contribution in [3.05, 3.63) is 65.7 Å². The fraction of sp³-hybridized carbons (Fsp3) is 0.294. The number of hydrogen-bond acceptors (Lipinski definition) is 2. The van der Waals surface area contributed by atoms with Crippen molar-refractivity contribution in [2.45, 2.75) is 5.92 Å². The molecule has 0 aliphatic carbocycles. The zero-order valence-electron chi connectivity index (χ0n) is 11.2. The summed E-state index contributed by atoms with van der Waals surface area (Å²) in [5.41, 5.74) is 2.74. The molecule has 98 valence electrons. The Kier molecular flexibility index (Phi) is 3.51. The highest BCUT2D eigenvalue weighted by molar-refractivity contribution is 5.38. The van der Waals surface area contributed by atoms with E-state index in [9.17, 15) is 0 Å². The van der Waals surface area contributed by atoms with Gasteiger partial charge in [-0.15, -0.1) is 0 Å². The minimum Gasteiger partial charge on any atom is -0.497 e. The fourth-order valence-corrected chi connectivity index (χ4v) is 2.78. The molecular formula is C17H19NO. The van der Waals surface area contributed by atoms with Crippen LogP contribution in [0, 0.1) is 5.92 Å². The zero-order valence-corrected chi connectivity index (χ0v) is 11.2. The molecule has 1 unspecified atom stereocenters. The lowest BCUT2D eigenvalue weighted by atomic mass is 9.78. The minimum absolute atomic E-state index is 0.456. The Bertz CT molecular complexity index is 534. The zero-order chi connectivity index (χ0) is 13.1. The number of ether oxygens (including phenoxy) is 1. The van der Waals surface area contributed by atoms with Crippen LogP contribution in [0.3, 0.4) is 0 Å². The third-order valence-electron chi connectivity index (χ3n) is 3.90. The highest BCUT2D eigenvalue weighted by Crippen LogP contribution is 2.35. The number of methoxy groups -OCH3 is 1. The van der Waals surface area contributed by atoms with Gasteiger partial charge in [0.1, 0.15) is 5.75 Å². The molecule has 2 aromatic carbocycles. The van der Waals surface area contributed by atoms with E-state index in [0.29, 0.717) is 11.8 Å². The van der Waals surface area contributed by atoms with Crippen molar-refractivity contribution in [2.75, 3.05) is 20.2 Å². The number of hydrogen-bond donors (Lipinski definition) is 1. The van der Waals surface area contributed by atoms with Gasteiger partial charge in [0, 0.05) is 19.0 Å². The second kappa shape index (κ2) is 5.45. The van der Waals surface area contributed by atoms with Crippen LogP contribution >= 0.6 is 0 Å². The molecule has 0 bridgehead atoms. The first-order chi connectivity index (χ1) is 9.38. The highest BCUT2D eigenvalue weighted by Gasteiger charge is 2.29. The average Bonchev–Trinajstić information content (AvgIpc) is 2.43. The van der Waals surface area contributed by atoms with Gasteiger partial charge < -0.3 is 10.1 Å². The maximum atomic E-state index is 5.36. The van der Waals surface area contributed by atoms with Gasteiger partial charge in [-0.05, 0) is 29.2 Å². The molecule has 19 heavy (non-hydrogen) atoms. The number of nitrogens with one attached hydrogen (secondary N) is 1. The first kappa shape index (κ1) is 12.2. The fourth-order valence-electron chi connectivity index (χ4n) is 2.78. The van der Waals surface area contributed by atoms with Crippen LogP contribution in [0.2, 0.25) is 0 Å². The van der Waals surface area contributed by atoms with E-state index in [2.05, 4.69) is 53.8 Å². The Morgan fingerprint density at radius 3 is 2.37 bits per heavy atom. The van der Waals surface area contributed by atoms with E-state index in [0.717, 1.165) is 18.8 Å². The van der Waals surface area contributed by atoms with Crippen molar-refractivity contribution in [3.63, 3.8) is 0 Å². The summed E-state index contributed by atoms with van der Waals surface area (Å²) in [7, 11) is 1.72. The van der Waals surface area contributed by atoms with Gasteiger partial charge in [-0.3, -0.25) is 0 Å². The molecule has 1 saturated heterocycles. The van der Waals surface area contributed by atoms with Crippen LogP contribution in [0.5, 0.6) is 5.75 Å². The Morgan fingerprint density at radius 1 is 1.00 bits per heavy atom. The molecule has 0 aromatic heterocycles. The molecule has 2 nitrogen and oxygen atoms in total. The lowest BCUT2D eigenvalue weighted by Crippen LogP contribution is -2.45. The second-order valence-corrected chi connectivity index (χ2v) is 5.08. The van der Waals surface area contributed by atoms with E-state index in [4.69, 9.17) is 4.74 Å². The van der Waals surface area contributed by atoms with Crippen LogP contribution in [0.15, 0.2) is 54.6 Å². The molecule has 0 saturated carbocycles. The van der Waals surface area contributed by atoms with Crippen molar-refractivity contribution in [3.8, 4) is 5.75 Å². The predicted molar refractivity (Wildman–Crippen MR) is 77.6 cm³/mol. The maximum Gasteiger partial charge on any atom is 0.119 e. The quantitative estimate of drug-likeness (QED) is 0.904. The minimum atomic E-state index is 0.456. The molecule has 2 heteroatoms. The summed E-state index contributed by atoms with van der Waals surface area (Å²) in [6.45, 7) is 2.19. The van der Waals surface area contributed by atoms with Crippen LogP contribution < -0.4 is 10.1 Å². The van der Waals surface area contributed by atoms with Crippen LogP contribution in [0.1, 0.15) is 17.0 Å². The van der Waals surface area contributed by atoms with Crippen molar-refractivity contribution in [1.29, 1.82) is 0 Å². The predicted octanol–water partition coefficient (Wildman–Crippen LogP) is 3.05. The van der Waals surface area contributed by atoms with E-state index < -0.39 is 0 Å². The Hall–Kier alpha value is -1.80. The summed E-state index contributed by atoms with van der Waals surface area (Å²) in [4.78, 5) is 0. The molecule has 1 atom stereocenters. The van der Waals surface area contributed by atoms with Gasteiger partial charge in [0.25, 0.3) is 0 Å². The van der Waals surface area contributed by atoms with Crippen molar-refractivity contribution >= 4 is 0 Å². The normalized spacial score (nSPS) is 16.7. The molecular weight excluding hydrogens is 234 g/mol. The third kappa shape index (κ3) is 2.49. The standard InChI is InChI=1S/C17H19NO/c1-19-16-9-5-8-14(10-16)17(15-11-18-12-15)13-6-3-2-4-7-13/h2-10,15,17-18H,11-12H2,1H3. The molecule has 1 aliphatic heterocycles. The SMILES string of the molecule is COc1cccc(C(c2ccccc2)C2CNC2)c1. The van der Waals surface area contributed by atoms with Gasteiger partial charge >= 0.3 is 0 Å². The molecule has 1 fully saturated rings. The number of rotatable bonds is 4. The molecule has 3 rings (SSSR count). The van der Waals surface area contributed by atoms with Gasteiger partial charge in [-0.2, -0.15) is 0 Å². The van der Waals surface area contributed by atoms with Crippen LogP contribution in [0.4, 0.5) is 0 Å². The monoisotopic (exact) mass is 253 g/mol. The summed E-state index contributed by atoms with van der Waals surface area (Å²) < 4.78 is 5.36. The molecule has 1 heterocycles. The van der Waals surface area contributed by atoms with E-state index in [1.165, 1.54) is 11.1 Å². The number of benzene rings is 2. The van der Waals surface area contributed by atoms with Crippen LogP contribution in [0.25, 0.3) is 0 Å². The van der Waals surface area contributed by atoms with E-state index in [-0.39, 0.29) is 0 Å². The van der Waals surface area contributed by atoms with E-state index >= 15 is 0 Å². The molecule has 0 radical (unpaired) electrons. The summed E-state index contributed by atoms with van der Waals surface area (Å²) in [6.07, 6.45) is 0. The Balaban J connectivity index is 1.99. The summed E-state index contributed by atoms with van der Waals surface area (Å²) in [6, 6.07) is 19.2. The molecule has 1 aliphatic rings. The van der Waals surface area contributed by atoms with Gasteiger partial charge in [-0.1, -0.05) is 42.5 Å².